The number of ether oxygens (including phenoxy) is 2. The van der Waals surface area contributed by atoms with Crippen LogP contribution in [-0.2, 0) is 9.53 Å². The molecular formula is C15H25Cl2N3O3. The number of anilines is 1. The van der Waals surface area contributed by atoms with E-state index in [0.29, 0.717) is 24.5 Å². The number of methoxy groups -OCH3 is 1. The van der Waals surface area contributed by atoms with Crippen LogP contribution in [0.4, 0.5) is 5.69 Å². The van der Waals surface area contributed by atoms with E-state index >= 15 is 0 Å². The average molecular weight is 366 g/mol. The van der Waals surface area contributed by atoms with Crippen molar-refractivity contribution in [2.45, 2.75) is 38.8 Å². The number of nitrogens with one attached hydrogen (secondary N) is 1. The number of carbonyl (C=O) groups excluding carboxylic acids is 1. The molecule has 6 nitrogen and oxygen atoms in total. The molecule has 0 aromatic carbocycles. The first-order valence-electron chi connectivity index (χ1n) is 7.06. The summed E-state index contributed by atoms with van der Waals surface area (Å²) >= 11 is 0. The summed E-state index contributed by atoms with van der Waals surface area (Å²) in [5.74, 6) is 0.315. The maximum absolute atomic E-state index is 12.6. The molecular weight excluding hydrogens is 341 g/mol. The number of aromatic nitrogens is 1. The Balaban J connectivity index is 0.00000242. The predicted octanol–water partition coefficient (Wildman–Crippen LogP) is 2.40. The highest BCUT2D eigenvalue weighted by Gasteiger charge is 2.62. The van der Waals surface area contributed by atoms with Gasteiger partial charge in [-0.2, -0.15) is 0 Å². The topological polar surface area (TPSA) is 86.5 Å². The largest absolute Gasteiger partial charge is 0.494 e. The van der Waals surface area contributed by atoms with Crippen LogP contribution >= 0.6 is 24.8 Å². The molecule has 1 aromatic rings. The van der Waals surface area contributed by atoms with Crippen molar-refractivity contribution in [3.63, 3.8) is 0 Å². The van der Waals surface area contributed by atoms with Crippen LogP contribution in [0.25, 0.3) is 0 Å². The van der Waals surface area contributed by atoms with E-state index in [0.717, 1.165) is 0 Å². The molecule has 0 radical (unpaired) electrons. The van der Waals surface area contributed by atoms with Crippen molar-refractivity contribution < 1.29 is 14.3 Å². The smallest absolute Gasteiger partial charge is 0.245 e. The van der Waals surface area contributed by atoms with Gasteiger partial charge < -0.3 is 20.5 Å². The van der Waals surface area contributed by atoms with E-state index in [4.69, 9.17) is 15.2 Å². The Kier molecular flexibility index (Phi) is 7.76. The van der Waals surface area contributed by atoms with Gasteiger partial charge >= 0.3 is 0 Å². The average Bonchev–Trinajstić information content (AvgIpc) is 2.47. The van der Waals surface area contributed by atoms with Gasteiger partial charge in [-0.15, -0.1) is 24.8 Å². The first kappa shape index (κ1) is 21.9. The molecule has 1 saturated carbocycles. The van der Waals surface area contributed by atoms with Gasteiger partial charge in [0.15, 0.2) is 0 Å². The lowest BCUT2D eigenvalue weighted by molar-refractivity contribution is -0.166. The van der Waals surface area contributed by atoms with Gasteiger partial charge in [-0.05, 0) is 6.92 Å². The molecule has 0 bridgehead atoms. The van der Waals surface area contributed by atoms with Crippen LogP contribution in [0, 0.1) is 5.41 Å². The second kappa shape index (κ2) is 8.15. The Bertz CT molecular complexity index is 542. The van der Waals surface area contributed by atoms with Crippen LogP contribution in [0.5, 0.6) is 5.75 Å². The highest BCUT2D eigenvalue weighted by Crippen LogP contribution is 2.50. The molecule has 2 atom stereocenters. The summed E-state index contributed by atoms with van der Waals surface area (Å²) in [5, 5.41) is 2.82. The highest BCUT2D eigenvalue weighted by atomic mass is 35.5. The Morgan fingerprint density at radius 1 is 1.48 bits per heavy atom. The third kappa shape index (κ3) is 3.71. The predicted molar refractivity (Wildman–Crippen MR) is 94.6 cm³/mol. The van der Waals surface area contributed by atoms with E-state index in [1.807, 2.05) is 20.8 Å². The molecule has 3 N–H and O–H groups in total. The van der Waals surface area contributed by atoms with Crippen molar-refractivity contribution in [2.75, 3.05) is 19.0 Å². The lowest BCUT2D eigenvalue weighted by Gasteiger charge is -2.57. The van der Waals surface area contributed by atoms with Gasteiger partial charge in [-0.1, -0.05) is 13.8 Å². The number of nitrogens with two attached hydrogens (primary N) is 1. The van der Waals surface area contributed by atoms with Crippen molar-refractivity contribution >= 4 is 36.4 Å². The fourth-order valence-corrected chi connectivity index (χ4v) is 2.71. The van der Waals surface area contributed by atoms with Gasteiger partial charge in [0.25, 0.3) is 0 Å². The van der Waals surface area contributed by atoms with E-state index < -0.39 is 11.0 Å². The van der Waals surface area contributed by atoms with Gasteiger partial charge in [0.2, 0.25) is 5.91 Å². The van der Waals surface area contributed by atoms with Crippen LogP contribution in [0.1, 0.15) is 27.2 Å². The third-order valence-corrected chi connectivity index (χ3v) is 4.48. The van der Waals surface area contributed by atoms with E-state index in [1.165, 1.54) is 0 Å². The summed E-state index contributed by atoms with van der Waals surface area (Å²) in [6.07, 6.45) is 3.65. The number of halogens is 2. The van der Waals surface area contributed by atoms with E-state index in [1.54, 1.807) is 25.6 Å². The van der Waals surface area contributed by atoms with Crippen molar-refractivity contribution in [3.05, 3.63) is 18.5 Å². The number of hydrogen-bond acceptors (Lipinski definition) is 5. The van der Waals surface area contributed by atoms with Crippen LogP contribution in [-0.4, -0.2) is 36.3 Å². The van der Waals surface area contributed by atoms with Crippen molar-refractivity contribution in [1.29, 1.82) is 0 Å². The summed E-state index contributed by atoms with van der Waals surface area (Å²) in [5.41, 5.74) is 5.46. The number of nitrogens with zero attached hydrogens (tertiary/aromatic N) is 1. The Labute approximate surface area is 149 Å². The molecule has 8 heteroatoms. The molecule has 132 valence electrons. The van der Waals surface area contributed by atoms with Crippen LogP contribution in [0.3, 0.4) is 0 Å². The number of rotatable bonds is 5. The van der Waals surface area contributed by atoms with Gasteiger partial charge in [0, 0.05) is 30.7 Å². The number of amides is 1. The third-order valence-electron chi connectivity index (χ3n) is 4.48. The molecule has 23 heavy (non-hydrogen) atoms. The SMILES string of the molecule is CCOC1CC(N)(C(=O)Nc2cnccc2OC)C1(C)C.Cl.Cl. The van der Waals surface area contributed by atoms with Gasteiger partial charge in [0.05, 0.1) is 19.4 Å². The standard InChI is InChI=1S/C15H23N3O3.2ClH/c1-5-21-12-8-15(16,14(12,2)3)13(19)18-10-9-17-7-6-11(10)20-4;;/h6-7,9,12H,5,8,16H2,1-4H3,(H,18,19);2*1H. The molecule has 1 aliphatic carbocycles. The lowest BCUT2D eigenvalue weighted by atomic mass is 9.54. The summed E-state index contributed by atoms with van der Waals surface area (Å²) in [6, 6.07) is 1.69. The van der Waals surface area contributed by atoms with Crippen molar-refractivity contribution in [1.82, 2.24) is 4.98 Å². The molecule has 0 saturated heterocycles. The van der Waals surface area contributed by atoms with Crippen LogP contribution < -0.4 is 15.8 Å². The quantitative estimate of drug-likeness (QED) is 0.836. The minimum absolute atomic E-state index is 0. The lowest BCUT2D eigenvalue weighted by Crippen LogP contribution is -2.74. The maximum Gasteiger partial charge on any atom is 0.245 e. The summed E-state index contributed by atoms with van der Waals surface area (Å²) < 4.78 is 10.8. The van der Waals surface area contributed by atoms with Crippen LogP contribution in [0.2, 0.25) is 0 Å². The highest BCUT2D eigenvalue weighted by molar-refractivity contribution is 6.00. The zero-order valence-electron chi connectivity index (χ0n) is 13.8. The number of pyridine rings is 1. The minimum atomic E-state index is -0.965. The molecule has 2 unspecified atom stereocenters. The molecule has 0 aliphatic heterocycles. The molecule has 1 heterocycles. The van der Waals surface area contributed by atoms with E-state index in [9.17, 15) is 4.79 Å². The molecule has 1 amide bonds. The summed E-state index contributed by atoms with van der Waals surface area (Å²) in [7, 11) is 1.54. The monoisotopic (exact) mass is 365 g/mol. The molecule has 0 spiro atoms. The van der Waals surface area contributed by atoms with Gasteiger partial charge in [0.1, 0.15) is 17.0 Å². The number of carbonyl (C=O) groups is 1. The second-order valence-corrected chi connectivity index (χ2v) is 5.87. The second-order valence-electron chi connectivity index (χ2n) is 5.87. The fraction of sp³-hybridized carbons (Fsp3) is 0.600. The molecule has 2 rings (SSSR count). The zero-order valence-corrected chi connectivity index (χ0v) is 15.4. The first-order chi connectivity index (χ1) is 9.86. The normalized spacial score (nSPS) is 24.5. The van der Waals surface area contributed by atoms with E-state index in [-0.39, 0.29) is 36.8 Å². The van der Waals surface area contributed by atoms with Gasteiger partial charge in [-0.25, -0.2) is 0 Å². The van der Waals surface area contributed by atoms with Gasteiger partial charge in [-0.3, -0.25) is 9.78 Å². The Morgan fingerprint density at radius 3 is 2.65 bits per heavy atom. The molecule has 1 fully saturated rings. The Morgan fingerprint density at radius 2 is 2.13 bits per heavy atom. The maximum atomic E-state index is 12.6. The Hall–Kier alpha value is -1.08. The summed E-state index contributed by atoms with van der Waals surface area (Å²) in [4.78, 5) is 16.6. The van der Waals surface area contributed by atoms with E-state index in [2.05, 4.69) is 10.3 Å². The minimum Gasteiger partial charge on any atom is -0.494 e. The molecule has 1 aliphatic rings. The van der Waals surface area contributed by atoms with Crippen LogP contribution in [0.15, 0.2) is 18.5 Å². The number of hydrogen-bond donors (Lipinski definition) is 2. The summed E-state index contributed by atoms with van der Waals surface area (Å²) in [6.45, 7) is 6.46. The van der Waals surface area contributed by atoms with Crippen molar-refractivity contribution in [3.8, 4) is 5.75 Å². The zero-order chi connectivity index (χ0) is 15.7. The fourth-order valence-electron chi connectivity index (χ4n) is 2.71. The molecule has 1 aromatic heterocycles. The van der Waals surface area contributed by atoms with Crippen molar-refractivity contribution in [2.24, 2.45) is 11.1 Å². The first-order valence-corrected chi connectivity index (χ1v) is 7.06.